The summed E-state index contributed by atoms with van der Waals surface area (Å²) in [5.74, 6) is -1.14. The third-order valence-electron chi connectivity index (χ3n) is 2.52. The van der Waals surface area contributed by atoms with Crippen molar-refractivity contribution in [2.75, 3.05) is 12.4 Å². The van der Waals surface area contributed by atoms with Crippen molar-refractivity contribution in [3.8, 4) is 0 Å². The third kappa shape index (κ3) is 3.94. The van der Waals surface area contributed by atoms with Crippen LogP contribution in [-0.4, -0.2) is 30.0 Å². The lowest BCUT2D eigenvalue weighted by Gasteiger charge is -2.14. The molecule has 108 valence electrons. The van der Waals surface area contributed by atoms with Crippen LogP contribution in [0.15, 0.2) is 18.2 Å². The van der Waals surface area contributed by atoms with E-state index in [0.717, 1.165) is 0 Å². The van der Waals surface area contributed by atoms with E-state index in [0.29, 0.717) is 0 Å². The summed E-state index contributed by atoms with van der Waals surface area (Å²) in [6, 6.07) is 3.40. The van der Waals surface area contributed by atoms with Crippen molar-refractivity contribution < 1.29 is 19.2 Å². The second-order valence-corrected chi connectivity index (χ2v) is 4.20. The number of hydrogen-bond acceptors (Lipinski definition) is 6. The highest BCUT2D eigenvalue weighted by Crippen LogP contribution is 2.26. The minimum Gasteiger partial charge on any atom is -0.465 e. The van der Waals surface area contributed by atoms with Crippen LogP contribution in [0.1, 0.15) is 23.7 Å². The maximum Gasteiger partial charge on any atom is 0.337 e. The lowest BCUT2D eigenvalue weighted by Crippen LogP contribution is -2.24. The van der Waals surface area contributed by atoms with E-state index in [1.807, 2.05) is 0 Å². The molecule has 0 radical (unpaired) electrons. The van der Waals surface area contributed by atoms with Crippen LogP contribution in [0, 0.1) is 10.1 Å². The van der Waals surface area contributed by atoms with Crippen LogP contribution in [0.5, 0.6) is 0 Å². The van der Waals surface area contributed by atoms with Gasteiger partial charge in [-0.05, 0) is 19.1 Å². The molecule has 1 rings (SSSR count). The van der Waals surface area contributed by atoms with Gasteiger partial charge in [0.15, 0.2) is 0 Å². The summed E-state index contributed by atoms with van der Waals surface area (Å²) in [5, 5.41) is 13.7. The highest BCUT2D eigenvalue weighted by atomic mass is 16.6. The molecule has 0 aliphatic heterocycles. The first-order valence-corrected chi connectivity index (χ1v) is 5.76. The van der Waals surface area contributed by atoms with Gasteiger partial charge in [-0.1, -0.05) is 0 Å². The van der Waals surface area contributed by atoms with Crippen LogP contribution in [0.3, 0.4) is 0 Å². The van der Waals surface area contributed by atoms with Crippen molar-refractivity contribution in [3.05, 3.63) is 33.9 Å². The van der Waals surface area contributed by atoms with Gasteiger partial charge in [-0.3, -0.25) is 14.9 Å². The monoisotopic (exact) mass is 281 g/mol. The molecule has 8 heteroatoms. The second-order valence-electron chi connectivity index (χ2n) is 4.20. The number of nitro groups is 1. The van der Waals surface area contributed by atoms with Crippen LogP contribution in [0.2, 0.25) is 0 Å². The number of amides is 1. The molecule has 0 saturated carbocycles. The minimum absolute atomic E-state index is 0.0135. The Morgan fingerprint density at radius 1 is 1.50 bits per heavy atom. The number of nitrogens with one attached hydrogen (secondary N) is 1. The number of ether oxygens (including phenoxy) is 1. The topological polar surface area (TPSA) is 125 Å². The van der Waals surface area contributed by atoms with Crippen LogP contribution in [0.25, 0.3) is 0 Å². The summed E-state index contributed by atoms with van der Waals surface area (Å²) in [4.78, 5) is 32.6. The Balaban J connectivity index is 3.08. The second kappa shape index (κ2) is 6.50. The van der Waals surface area contributed by atoms with Crippen molar-refractivity contribution in [2.24, 2.45) is 5.73 Å². The molecule has 1 atom stereocenters. The van der Waals surface area contributed by atoms with Gasteiger partial charge in [-0.2, -0.15) is 0 Å². The lowest BCUT2D eigenvalue weighted by atomic mass is 10.1. The molecule has 0 fully saturated rings. The van der Waals surface area contributed by atoms with Crippen molar-refractivity contribution in [1.29, 1.82) is 0 Å². The Morgan fingerprint density at radius 3 is 2.65 bits per heavy atom. The zero-order valence-corrected chi connectivity index (χ0v) is 11.1. The Kier molecular flexibility index (Phi) is 5.01. The van der Waals surface area contributed by atoms with Gasteiger partial charge >= 0.3 is 5.97 Å². The summed E-state index contributed by atoms with van der Waals surface area (Å²) in [6.07, 6.45) is 0.0135. The summed E-state index contributed by atoms with van der Waals surface area (Å²) < 4.78 is 4.55. The zero-order chi connectivity index (χ0) is 15.3. The summed E-state index contributed by atoms with van der Waals surface area (Å²) >= 11 is 0. The van der Waals surface area contributed by atoms with Gasteiger partial charge in [0.2, 0.25) is 5.91 Å². The van der Waals surface area contributed by atoms with E-state index in [2.05, 4.69) is 10.1 Å². The van der Waals surface area contributed by atoms with Crippen molar-refractivity contribution in [3.63, 3.8) is 0 Å². The van der Waals surface area contributed by atoms with Gasteiger partial charge in [-0.15, -0.1) is 0 Å². The first kappa shape index (κ1) is 15.4. The fraction of sp³-hybridized carbons (Fsp3) is 0.333. The van der Waals surface area contributed by atoms with Gasteiger partial charge in [-0.25, -0.2) is 4.79 Å². The maximum absolute atomic E-state index is 11.4. The van der Waals surface area contributed by atoms with E-state index in [1.54, 1.807) is 6.92 Å². The number of primary amides is 1. The molecule has 0 heterocycles. The van der Waals surface area contributed by atoms with E-state index in [-0.39, 0.29) is 23.4 Å². The summed E-state index contributed by atoms with van der Waals surface area (Å²) in [7, 11) is 1.21. The summed E-state index contributed by atoms with van der Waals surface area (Å²) in [6.45, 7) is 1.65. The fourth-order valence-electron chi connectivity index (χ4n) is 1.67. The van der Waals surface area contributed by atoms with E-state index in [1.165, 1.54) is 25.3 Å². The Morgan fingerprint density at radius 2 is 2.15 bits per heavy atom. The third-order valence-corrected chi connectivity index (χ3v) is 2.52. The molecule has 0 aliphatic rings. The van der Waals surface area contributed by atoms with E-state index in [9.17, 15) is 19.7 Å². The number of benzene rings is 1. The van der Waals surface area contributed by atoms with Crippen molar-refractivity contribution in [2.45, 2.75) is 19.4 Å². The van der Waals surface area contributed by atoms with Crippen molar-refractivity contribution in [1.82, 2.24) is 0 Å². The molecule has 1 aromatic carbocycles. The van der Waals surface area contributed by atoms with Crippen molar-refractivity contribution >= 4 is 23.3 Å². The number of nitrogens with zero attached hydrogens (tertiary/aromatic N) is 1. The van der Waals surface area contributed by atoms with Crippen LogP contribution in [0.4, 0.5) is 11.4 Å². The van der Waals surface area contributed by atoms with Gasteiger partial charge in [0, 0.05) is 18.5 Å². The highest BCUT2D eigenvalue weighted by Gasteiger charge is 2.19. The van der Waals surface area contributed by atoms with Gasteiger partial charge < -0.3 is 15.8 Å². The number of hydrogen-bond donors (Lipinski definition) is 2. The molecular formula is C12H15N3O5. The molecule has 3 N–H and O–H groups in total. The predicted octanol–water partition coefficient (Wildman–Crippen LogP) is 1.06. The number of esters is 1. The zero-order valence-electron chi connectivity index (χ0n) is 11.1. The van der Waals surface area contributed by atoms with Crippen LogP contribution >= 0.6 is 0 Å². The smallest absolute Gasteiger partial charge is 0.337 e. The Hall–Kier alpha value is -2.64. The molecule has 0 spiro atoms. The number of carbonyl (C=O) groups is 2. The van der Waals surface area contributed by atoms with E-state index in [4.69, 9.17) is 5.73 Å². The maximum atomic E-state index is 11.4. The number of anilines is 1. The number of carbonyl (C=O) groups excluding carboxylic acids is 2. The normalized spacial score (nSPS) is 11.5. The molecule has 0 bridgehead atoms. The highest BCUT2D eigenvalue weighted by molar-refractivity contribution is 5.91. The first-order chi connectivity index (χ1) is 9.35. The number of nitrogens with two attached hydrogens (primary N) is 1. The molecule has 8 nitrogen and oxygen atoms in total. The number of nitro benzene ring substituents is 1. The molecule has 1 unspecified atom stereocenters. The first-order valence-electron chi connectivity index (χ1n) is 5.76. The van der Waals surface area contributed by atoms with E-state index < -0.39 is 22.8 Å². The molecule has 20 heavy (non-hydrogen) atoms. The SMILES string of the molecule is COC(=O)c1ccc([N+](=O)[O-])c(NC(C)CC(N)=O)c1. The Labute approximate surface area is 115 Å². The molecule has 0 aromatic heterocycles. The molecule has 0 aliphatic carbocycles. The quantitative estimate of drug-likeness (QED) is 0.456. The lowest BCUT2D eigenvalue weighted by molar-refractivity contribution is -0.384. The van der Waals surface area contributed by atoms with Crippen LogP contribution in [-0.2, 0) is 9.53 Å². The van der Waals surface area contributed by atoms with Gasteiger partial charge in [0.25, 0.3) is 5.69 Å². The van der Waals surface area contributed by atoms with Crippen LogP contribution < -0.4 is 11.1 Å². The standard InChI is InChI=1S/C12H15N3O5/c1-7(5-11(13)16)14-9-6-8(12(17)20-2)3-4-10(9)15(18)19/h3-4,6-7,14H,5H2,1-2H3,(H2,13,16). The minimum atomic E-state index is -0.606. The number of methoxy groups -OCH3 is 1. The average Bonchev–Trinajstić information content (AvgIpc) is 2.36. The summed E-state index contributed by atoms with van der Waals surface area (Å²) in [5.41, 5.74) is 5.16. The predicted molar refractivity (Wildman–Crippen MR) is 71.3 cm³/mol. The van der Waals surface area contributed by atoms with Gasteiger partial charge in [0.05, 0.1) is 17.6 Å². The molecule has 0 saturated heterocycles. The number of rotatable bonds is 6. The molecule has 1 aromatic rings. The van der Waals surface area contributed by atoms with E-state index >= 15 is 0 Å². The Bertz CT molecular complexity index is 544. The van der Waals surface area contributed by atoms with Gasteiger partial charge in [0.1, 0.15) is 5.69 Å². The molecular weight excluding hydrogens is 266 g/mol. The largest absolute Gasteiger partial charge is 0.465 e. The average molecular weight is 281 g/mol. The fourth-order valence-corrected chi connectivity index (χ4v) is 1.67. The molecule has 1 amide bonds.